The number of carbonyl (C=O) groups excluding carboxylic acids is 1. The first kappa shape index (κ1) is 20.4. The standard InChI is InChI=1S/C24H27FN2O3/c1-3-27(4-2)11-5-6-12-29-18-8-9-19-16(13-18)15-30-23(19)22-20-14-17(25)7-10-21(20)26-24(22)28/h7-10,13-14H,3-6,11-12,15H2,1-2H3,(H,26,28)/b23-22+. The van der Waals surface area contributed by atoms with Crippen LogP contribution < -0.4 is 10.1 Å². The number of nitrogens with zero attached hydrogens (tertiary/aromatic N) is 1. The van der Waals surface area contributed by atoms with Gasteiger partial charge in [0, 0.05) is 22.4 Å². The van der Waals surface area contributed by atoms with Gasteiger partial charge in [0.15, 0.2) is 0 Å². The van der Waals surface area contributed by atoms with Crippen LogP contribution in [0, 0.1) is 5.82 Å². The second-order valence-electron chi connectivity index (χ2n) is 7.54. The molecule has 2 aliphatic heterocycles. The Hall–Kier alpha value is -2.86. The van der Waals surface area contributed by atoms with Crippen LogP contribution in [0.25, 0.3) is 11.3 Å². The van der Waals surface area contributed by atoms with Crippen molar-refractivity contribution in [2.24, 2.45) is 0 Å². The van der Waals surface area contributed by atoms with E-state index in [1.807, 2.05) is 18.2 Å². The van der Waals surface area contributed by atoms with Crippen molar-refractivity contribution in [3.63, 3.8) is 0 Å². The van der Waals surface area contributed by atoms with Crippen LogP contribution >= 0.6 is 0 Å². The third kappa shape index (κ3) is 4.05. The third-order valence-corrected chi connectivity index (χ3v) is 5.68. The van der Waals surface area contributed by atoms with E-state index in [1.165, 1.54) is 12.1 Å². The van der Waals surface area contributed by atoms with Crippen molar-refractivity contribution < 1.29 is 18.7 Å². The van der Waals surface area contributed by atoms with Gasteiger partial charge in [-0.1, -0.05) is 13.8 Å². The predicted octanol–water partition coefficient (Wildman–Crippen LogP) is 4.68. The van der Waals surface area contributed by atoms with E-state index in [0.717, 1.165) is 49.4 Å². The minimum absolute atomic E-state index is 0.271. The molecule has 6 heteroatoms. The normalized spacial score (nSPS) is 17.0. The Labute approximate surface area is 176 Å². The molecule has 0 atom stereocenters. The number of hydrogen-bond acceptors (Lipinski definition) is 4. The molecule has 2 heterocycles. The Morgan fingerprint density at radius 1 is 1.10 bits per heavy atom. The highest BCUT2D eigenvalue weighted by Crippen LogP contribution is 2.42. The van der Waals surface area contributed by atoms with E-state index >= 15 is 0 Å². The number of nitrogens with one attached hydrogen (secondary N) is 1. The highest BCUT2D eigenvalue weighted by Gasteiger charge is 2.32. The number of benzene rings is 2. The van der Waals surface area contributed by atoms with Crippen molar-refractivity contribution in [2.75, 3.05) is 31.6 Å². The van der Waals surface area contributed by atoms with Crippen LogP contribution in [-0.2, 0) is 16.1 Å². The van der Waals surface area contributed by atoms with Gasteiger partial charge >= 0.3 is 0 Å². The second kappa shape index (κ2) is 8.88. The number of carbonyl (C=O) groups is 1. The van der Waals surface area contributed by atoms with Crippen molar-refractivity contribution in [1.29, 1.82) is 0 Å². The number of ether oxygens (including phenoxy) is 2. The molecule has 0 aliphatic carbocycles. The summed E-state index contributed by atoms with van der Waals surface area (Å²) in [5.74, 6) is 0.643. The fourth-order valence-electron chi connectivity index (χ4n) is 3.97. The van der Waals surface area contributed by atoms with Crippen LogP contribution in [0.1, 0.15) is 43.4 Å². The van der Waals surface area contributed by atoms with Crippen molar-refractivity contribution in [3.8, 4) is 5.75 Å². The van der Waals surface area contributed by atoms with Gasteiger partial charge in [-0.25, -0.2) is 4.39 Å². The molecule has 0 fully saturated rings. The van der Waals surface area contributed by atoms with Crippen molar-refractivity contribution in [2.45, 2.75) is 33.3 Å². The number of unbranched alkanes of at least 4 members (excludes halogenated alkanes) is 1. The minimum Gasteiger partial charge on any atom is -0.494 e. The van der Waals surface area contributed by atoms with Crippen LogP contribution in [0.5, 0.6) is 5.75 Å². The summed E-state index contributed by atoms with van der Waals surface area (Å²) < 4.78 is 25.5. The molecule has 2 aromatic rings. The third-order valence-electron chi connectivity index (χ3n) is 5.68. The largest absolute Gasteiger partial charge is 0.494 e. The molecule has 1 amide bonds. The average Bonchev–Trinajstić information content (AvgIpc) is 3.29. The maximum Gasteiger partial charge on any atom is 0.260 e. The lowest BCUT2D eigenvalue weighted by Crippen LogP contribution is -2.24. The maximum atomic E-state index is 13.7. The SMILES string of the molecule is CCN(CC)CCCCOc1ccc2c(c1)CO/C2=C1/C(=O)Nc2ccc(F)cc21. The molecular formula is C24H27FN2O3. The number of anilines is 1. The quantitative estimate of drug-likeness (QED) is 0.507. The highest BCUT2D eigenvalue weighted by molar-refractivity contribution is 6.36. The molecule has 4 rings (SSSR count). The van der Waals surface area contributed by atoms with Crippen molar-refractivity contribution in [1.82, 2.24) is 4.90 Å². The number of hydrogen-bond donors (Lipinski definition) is 1. The Bertz CT molecular complexity index is 982. The molecule has 0 saturated carbocycles. The lowest BCUT2D eigenvalue weighted by Gasteiger charge is -2.17. The van der Waals surface area contributed by atoms with E-state index in [9.17, 15) is 9.18 Å². The fourth-order valence-corrected chi connectivity index (χ4v) is 3.97. The lowest BCUT2D eigenvalue weighted by molar-refractivity contribution is -0.110. The molecule has 0 saturated heterocycles. The summed E-state index contributed by atoms with van der Waals surface area (Å²) in [5, 5.41) is 2.78. The molecule has 1 N–H and O–H groups in total. The summed E-state index contributed by atoms with van der Waals surface area (Å²) in [6, 6.07) is 10.1. The molecule has 158 valence electrons. The Morgan fingerprint density at radius 2 is 1.93 bits per heavy atom. The van der Waals surface area contributed by atoms with Crippen LogP contribution in [0.3, 0.4) is 0 Å². The van der Waals surface area contributed by atoms with E-state index in [0.29, 0.717) is 35.8 Å². The van der Waals surface area contributed by atoms with E-state index in [2.05, 4.69) is 24.1 Å². The van der Waals surface area contributed by atoms with Gasteiger partial charge in [0.25, 0.3) is 5.91 Å². The highest BCUT2D eigenvalue weighted by atomic mass is 19.1. The first-order valence-corrected chi connectivity index (χ1v) is 10.6. The van der Waals surface area contributed by atoms with Gasteiger partial charge in [0.1, 0.15) is 23.9 Å². The van der Waals surface area contributed by atoms with Crippen molar-refractivity contribution in [3.05, 3.63) is 58.9 Å². The molecule has 2 aromatic carbocycles. The van der Waals surface area contributed by atoms with Crippen LogP contribution in [0.2, 0.25) is 0 Å². The van der Waals surface area contributed by atoms with Gasteiger partial charge in [-0.2, -0.15) is 0 Å². The van der Waals surface area contributed by atoms with E-state index in [-0.39, 0.29) is 11.7 Å². The molecule has 0 spiro atoms. The van der Waals surface area contributed by atoms with E-state index in [4.69, 9.17) is 9.47 Å². The number of halogens is 1. The summed E-state index contributed by atoms with van der Waals surface area (Å²) >= 11 is 0. The first-order chi connectivity index (χ1) is 14.6. The van der Waals surface area contributed by atoms with Gasteiger partial charge in [0.05, 0.1) is 12.2 Å². The summed E-state index contributed by atoms with van der Waals surface area (Å²) in [4.78, 5) is 14.9. The van der Waals surface area contributed by atoms with Gasteiger partial charge < -0.3 is 19.7 Å². The lowest BCUT2D eigenvalue weighted by atomic mass is 10.0. The Kier molecular flexibility index (Phi) is 6.04. The Morgan fingerprint density at radius 3 is 2.73 bits per heavy atom. The fraction of sp³-hybridized carbons (Fsp3) is 0.375. The van der Waals surface area contributed by atoms with Gasteiger partial charge in [-0.05, 0) is 68.9 Å². The molecule has 30 heavy (non-hydrogen) atoms. The zero-order valence-corrected chi connectivity index (χ0v) is 17.5. The maximum absolute atomic E-state index is 13.7. The monoisotopic (exact) mass is 410 g/mol. The zero-order valence-electron chi connectivity index (χ0n) is 17.5. The van der Waals surface area contributed by atoms with Crippen molar-refractivity contribution >= 4 is 22.9 Å². The number of fused-ring (bicyclic) bond motifs is 2. The van der Waals surface area contributed by atoms with Gasteiger partial charge in [-0.15, -0.1) is 0 Å². The smallest absolute Gasteiger partial charge is 0.260 e. The Balaban J connectivity index is 1.45. The minimum atomic E-state index is -0.383. The van der Waals surface area contributed by atoms with Crippen LogP contribution in [0.4, 0.5) is 10.1 Å². The molecular weight excluding hydrogens is 383 g/mol. The molecule has 0 radical (unpaired) electrons. The van der Waals surface area contributed by atoms with Crippen LogP contribution in [-0.4, -0.2) is 37.0 Å². The molecule has 0 aromatic heterocycles. The summed E-state index contributed by atoms with van der Waals surface area (Å²) in [6.07, 6.45) is 2.11. The number of rotatable bonds is 8. The summed E-state index contributed by atoms with van der Waals surface area (Å²) in [5.41, 5.74) is 3.34. The summed E-state index contributed by atoms with van der Waals surface area (Å²) in [7, 11) is 0. The molecule has 0 unspecified atom stereocenters. The molecule has 5 nitrogen and oxygen atoms in total. The first-order valence-electron chi connectivity index (χ1n) is 10.6. The van der Waals surface area contributed by atoms with Crippen LogP contribution in [0.15, 0.2) is 36.4 Å². The second-order valence-corrected chi connectivity index (χ2v) is 7.54. The van der Waals surface area contributed by atoms with Gasteiger partial charge in [0.2, 0.25) is 0 Å². The van der Waals surface area contributed by atoms with E-state index in [1.54, 1.807) is 6.07 Å². The summed E-state index contributed by atoms with van der Waals surface area (Å²) in [6.45, 7) is 8.65. The topological polar surface area (TPSA) is 50.8 Å². The molecule has 2 aliphatic rings. The zero-order chi connectivity index (χ0) is 21.1. The predicted molar refractivity (Wildman–Crippen MR) is 116 cm³/mol. The molecule has 0 bridgehead atoms. The number of amides is 1. The van der Waals surface area contributed by atoms with Gasteiger partial charge in [-0.3, -0.25) is 4.79 Å². The van der Waals surface area contributed by atoms with E-state index < -0.39 is 0 Å². The average molecular weight is 410 g/mol.